The molecule has 0 saturated carbocycles. The standard InChI is InChI=1S/C23H28N2O3/c1-17-13-18(2)15-21(14-17)28-16-22(26)24-20-9-7-19(8-10-20)23(27)25-11-5-3-4-6-12-25/h7-10,13-15H,3-6,11-12,16H2,1-2H3,(H,24,26). The van der Waals surface area contributed by atoms with Gasteiger partial charge in [-0.15, -0.1) is 0 Å². The summed E-state index contributed by atoms with van der Waals surface area (Å²) in [5.74, 6) is 0.523. The molecule has 0 spiro atoms. The van der Waals surface area contributed by atoms with Gasteiger partial charge in [0.15, 0.2) is 6.61 Å². The molecule has 148 valence electrons. The molecule has 0 radical (unpaired) electrons. The molecule has 0 atom stereocenters. The molecule has 1 saturated heterocycles. The van der Waals surface area contributed by atoms with Crippen molar-refractivity contribution in [1.29, 1.82) is 0 Å². The fourth-order valence-corrected chi connectivity index (χ4v) is 3.51. The van der Waals surface area contributed by atoms with Gasteiger partial charge in [-0.05, 0) is 74.2 Å². The molecule has 0 bridgehead atoms. The van der Waals surface area contributed by atoms with E-state index >= 15 is 0 Å². The van der Waals surface area contributed by atoms with Crippen LogP contribution in [0.15, 0.2) is 42.5 Å². The smallest absolute Gasteiger partial charge is 0.262 e. The molecular formula is C23H28N2O3. The molecule has 5 nitrogen and oxygen atoms in total. The molecule has 1 aliphatic rings. The minimum absolute atomic E-state index is 0.0582. The number of nitrogens with one attached hydrogen (secondary N) is 1. The molecule has 1 aliphatic heterocycles. The molecule has 0 aliphatic carbocycles. The number of anilines is 1. The maximum absolute atomic E-state index is 12.6. The molecular weight excluding hydrogens is 352 g/mol. The van der Waals surface area contributed by atoms with Crippen LogP contribution in [0.3, 0.4) is 0 Å². The Kier molecular flexibility index (Phi) is 6.69. The summed E-state index contributed by atoms with van der Waals surface area (Å²) in [6, 6.07) is 12.9. The summed E-state index contributed by atoms with van der Waals surface area (Å²) in [6.07, 6.45) is 4.53. The van der Waals surface area contributed by atoms with E-state index in [0.29, 0.717) is 17.0 Å². The molecule has 1 fully saturated rings. The van der Waals surface area contributed by atoms with Gasteiger partial charge in [0.1, 0.15) is 5.75 Å². The lowest BCUT2D eigenvalue weighted by atomic mass is 10.1. The Hall–Kier alpha value is -2.82. The predicted octanol–water partition coefficient (Wildman–Crippen LogP) is 4.34. The number of aryl methyl sites for hydroxylation is 2. The SMILES string of the molecule is Cc1cc(C)cc(OCC(=O)Nc2ccc(C(=O)N3CCCCCC3)cc2)c1. The van der Waals surface area contributed by atoms with E-state index in [1.165, 1.54) is 12.8 Å². The minimum Gasteiger partial charge on any atom is -0.484 e. The van der Waals surface area contributed by atoms with Gasteiger partial charge in [-0.25, -0.2) is 0 Å². The fraction of sp³-hybridized carbons (Fsp3) is 0.391. The van der Waals surface area contributed by atoms with E-state index in [9.17, 15) is 9.59 Å². The third-order valence-electron chi connectivity index (χ3n) is 4.87. The monoisotopic (exact) mass is 380 g/mol. The Bertz CT molecular complexity index is 802. The maximum atomic E-state index is 12.6. The molecule has 2 aromatic rings. The summed E-state index contributed by atoms with van der Waals surface area (Å²) in [4.78, 5) is 26.7. The van der Waals surface area contributed by atoms with Crippen molar-refractivity contribution in [3.8, 4) is 5.75 Å². The lowest BCUT2D eigenvalue weighted by molar-refractivity contribution is -0.118. The van der Waals surface area contributed by atoms with Crippen molar-refractivity contribution in [1.82, 2.24) is 4.90 Å². The first-order valence-electron chi connectivity index (χ1n) is 9.91. The molecule has 1 heterocycles. The fourth-order valence-electron chi connectivity index (χ4n) is 3.51. The van der Waals surface area contributed by atoms with Gasteiger partial charge in [0.05, 0.1) is 0 Å². The normalized spacial score (nSPS) is 14.3. The van der Waals surface area contributed by atoms with Gasteiger partial charge in [-0.2, -0.15) is 0 Å². The predicted molar refractivity (Wildman–Crippen MR) is 111 cm³/mol. The van der Waals surface area contributed by atoms with E-state index in [0.717, 1.165) is 37.1 Å². The van der Waals surface area contributed by atoms with E-state index < -0.39 is 0 Å². The quantitative estimate of drug-likeness (QED) is 0.840. The summed E-state index contributed by atoms with van der Waals surface area (Å²) >= 11 is 0. The Labute approximate surface area is 166 Å². The van der Waals surface area contributed by atoms with Gasteiger partial charge in [0.25, 0.3) is 11.8 Å². The zero-order chi connectivity index (χ0) is 19.9. The lowest BCUT2D eigenvalue weighted by Gasteiger charge is -2.20. The van der Waals surface area contributed by atoms with Crippen LogP contribution in [0.5, 0.6) is 5.75 Å². The third-order valence-corrected chi connectivity index (χ3v) is 4.87. The molecule has 3 rings (SSSR count). The van der Waals surface area contributed by atoms with E-state index in [4.69, 9.17) is 4.74 Å². The number of ether oxygens (including phenoxy) is 1. The van der Waals surface area contributed by atoms with Crippen LogP contribution in [0.2, 0.25) is 0 Å². The molecule has 1 N–H and O–H groups in total. The van der Waals surface area contributed by atoms with E-state index in [-0.39, 0.29) is 18.4 Å². The van der Waals surface area contributed by atoms with Crippen LogP contribution in [-0.4, -0.2) is 36.4 Å². The first-order valence-corrected chi connectivity index (χ1v) is 9.91. The minimum atomic E-state index is -0.231. The van der Waals surface area contributed by atoms with Gasteiger partial charge >= 0.3 is 0 Å². The Morgan fingerprint density at radius 1 is 0.929 bits per heavy atom. The summed E-state index contributed by atoms with van der Waals surface area (Å²) < 4.78 is 5.58. The molecule has 2 amide bonds. The van der Waals surface area contributed by atoms with Crippen molar-refractivity contribution >= 4 is 17.5 Å². The van der Waals surface area contributed by atoms with Gasteiger partial charge < -0.3 is 15.0 Å². The second-order valence-corrected chi connectivity index (χ2v) is 7.44. The van der Waals surface area contributed by atoms with Gasteiger partial charge in [0.2, 0.25) is 0 Å². The highest BCUT2D eigenvalue weighted by atomic mass is 16.5. The second kappa shape index (κ2) is 9.40. The number of benzene rings is 2. The number of likely N-dealkylation sites (tertiary alicyclic amines) is 1. The van der Waals surface area contributed by atoms with Crippen molar-refractivity contribution in [2.75, 3.05) is 25.0 Å². The summed E-state index contributed by atoms with van der Waals surface area (Å²) in [6.45, 7) is 5.58. The first-order chi connectivity index (χ1) is 13.5. The van der Waals surface area contributed by atoms with Crippen LogP contribution in [-0.2, 0) is 4.79 Å². The largest absolute Gasteiger partial charge is 0.484 e. The van der Waals surface area contributed by atoms with Crippen LogP contribution >= 0.6 is 0 Å². The van der Waals surface area contributed by atoms with Crippen molar-refractivity contribution in [2.24, 2.45) is 0 Å². The highest BCUT2D eigenvalue weighted by Gasteiger charge is 2.17. The molecule has 2 aromatic carbocycles. The van der Waals surface area contributed by atoms with Crippen molar-refractivity contribution in [3.63, 3.8) is 0 Å². The topological polar surface area (TPSA) is 58.6 Å². The highest BCUT2D eigenvalue weighted by Crippen LogP contribution is 2.17. The molecule has 5 heteroatoms. The van der Waals surface area contributed by atoms with Crippen LogP contribution in [0.4, 0.5) is 5.69 Å². The van der Waals surface area contributed by atoms with Crippen LogP contribution in [0.25, 0.3) is 0 Å². The van der Waals surface area contributed by atoms with Crippen LogP contribution in [0.1, 0.15) is 47.2 Å². The summed E-state index contributed by atoms with van der Waals surface area (Å²) in [5.41, 5.74) is 3.51. The second-order valence-electron chi connectivity index (χ2n) is 7.44. The maximum Gasteiger partial charge on any atom is 0.262 e. The molecule has 28 heavy (non-hydrogen) atoms. The molecule has 0 unspecified atom stereocenters. The van der Waals surface area contributed by atoms with Crippen molar-refractivity contribution in [3.05, 3.63) is 59.2 Å². The van der Waals surface area contributed by atoms with Gasteiger partial charge in [-0.1, -0.05) is 18.9 Å². The number of carbonyl (C=O) groups is 2. The Morgan fingerprint density at radius 3 is 2.14 bits per heavy atom. The van der Waals surface area contributed by atoms with Crippen LogP contribution in [0, 0.1) is 13.8 Å². The van der Waals surface area contributed by atoms with E-state index in [1.54, 1.807) is 24.3 Å². The van der Waals surface area contributed by atoms with Gasteiger partial charge in [0, 0.05) is 24.3 Å². The van der Waals surface area contributed by atoms with Crippen molar-refractivity contribution < 1.29 is 14.3 Å². The Morgan fingerprint density at radius 2 is 1.54 bits per heavy atom. The number of hydrogen-bond donors (Lipinski definition) is 1. The number of hydrogen-bond acceptors (Lipinski definition) is 3. The summed E-state index contributed by atoms with van der Waals surface area (Å²) in [5, 5.41) is 2.81. The van der Waals surface area contributed by atoms with E-state index in [2.05, 4.69) is 11.4 Å². The number of rotatable bonds is 5. The Balaban J connectivity index is 1.53. The highest BCUT2D eigenvalue weighted by molar-refractivity contribution is 5.96. The third kappa shape index (κ3) is 5.59. The average molecular weight is 380 g/mol. The van der Waals surface area contributed by atoms with Gasteiger partial charge in [-0.3, -0.25) is 9.59 Å². The zero-order valence-electron chi connectivity index (χ0n) is 16.7. The number of carbonyl (C=O) groups excluding carboxylic acids is 2. The zero-order valence-corrected chi connectivity index (χ0v) is 16.7. The lowest BCUT2D eigenvalue weighted by Crippen LogP contribution is -2.31. The van der Waals surface area contributed by atoms with Crippen LogP contribution < -0.4 is 10.1 Å². The molecule has 0 aromatic heterocycles. The summed E-state index contributed by atoms with van der Waals surface area (Å²) in [7, 11) is 0. The average Bonchev–Trinajstić information content (AvgIpc) is 2.95. The van der Waals surface area contributed by atoms with Crippen molar-refractivity contribution in [2.45, 2.75) is 39.5 Å². The number of amides is 2. The number of nitrogens with zero attached hydrogens (tertiary/aromatic N) is 1. The van der Waals surface area contributed by atoms with E-state index in [1.807, 2.05) is 30.9 Å². The first kappa shape index (κ1) is 19.9.